The van der Waals surface area contributed by atoms with Crippen molar-refractivity contribution in [2.75, 3.05) is 0 Å². The van der Waals surface area contributed by atoms with E-state index in [1.54, 1.807) is 0 Å². The van der Waals surface area contributed by atoms with E-state index in [0.29, 0.717) is 0 Å². The average molecular weight is 620 g/mol. The number of nitrogens with zero attached hydrogens (tertiary/aromatic N) is 2. The molecule has 13 nitrogen and oxygen atoms in total. The Morgan fingerprint density at radius 3 is 1.67 bits per heavy atom. The number of hydrogen-bond acceptors (Lipinski definition) is 13. The van der Waals surface area contributed by atoms with E-state index in [9.17, 15) is 49.1 Å². The maximum atomic E-state index is 11.8. The number of azo groups is 1. The van der Waals surface area contributed by atoms with Crippen molar-refractivity contribution in [1.29, 1.82) is 0 Å². The van der Waals surface area contributed by atoms with Crippen molar-refractivity contribution in [2.24, 2.45) is 10.2 Å². The minimum atomic E-state index is -5.72. The minimum Gasteiger partial charge on any atom is -0.744 e. The van der Waals surface area contributed by atoms with E-state index in [-0.39, 0.29) is 111 Å². The summed E-state index contributed by atoms with van der Waals surface area (Å²) in [6.07, 6.45) is 0. The Kier molecular flexibility index (Phi) is 12.2. The molecule has 4 aromatic carbocycles. The van der Waals surface area contributed by atoms with Crippen molar-refractivity contribution in [1.82, 2.24) is 0 Å². The third-order valence-electron chi connectivity index (χ3n) is 5.05. The van der Waals surface area contributed by atoms with Gasteiger partial charge in [-0.1, -0.05) is 36.4 Å². The van der Waals surface area contributed by atoms with Crippen molar-refractivity contribution >= 4 is 63.3 Å². The Balaban J connectivity index is 0.00000253. The van der Waals surface area contributed by atoms with Gasteiger partial charge in [-0.2, -0.15) is 0 Å². The molecular formula is C20H11N2Na3O11S3. The van der Waals surface area contributed by atoms with E-state index in [0.717, 1.165) is 30.3 Å². The molecule has 4 aromatic rings. The van der Waals surface area contributed by atoms with E-state index >= 15 is 0 Å². The largest absolute Gasteiger partial charge is 1.00 e. The summed E-state index contributed by atoms with van der Waals surface area (Å²) in [5, 5.41) is 27.8. The van der Waals surface area contributed by atoms with Crippen LogP contribution >= 0.6 is 0 Å². The van der Waals surface area contributed by atoms with Crippen LogP contribution in [-0.4, -0.2) is 49.1 Å². The number of aromatic hydroxyl groups is 2. The predicted octanol–water partition coefficient (Wildman–Crippen LogP) is -6.46. The second kappa shape index (κ2) is 13.1. The predicted molar refractivity (Wildman–Crippen MR) is 119 cm³/mol. The minimum absolute atomic E-state index is 0. The fourth-order valence-electron chi connectivity index (χ4n) is 3.57. The first-order valence-corrected chi connectivity index (χ1v) is 13.7. The third kappa shape index (κ3) is 7.40. The SMILES string of the molecule is O=S(=O)([O-])c1ccc2c(N=Nc3c(O)c(S(=O)(=O)[O-])c(S(=O)(=O)[O-])c4ccccc34)c(O)ccc2c1.[Na+].[Na+].[Na+]. The molecule has 0 unspecified atom stereocenters. The van der Waals surface area contributed by atoms with Crippen molar-refractivity contribution in [2.45, 2.75) is 14.7 Å². The number of fused-ring (bicyclic) bond motifs is 2. The normalized spacial score (nSPS) is 12.1. The van der Waals surface area contributed by atoms with Crippen LogP contribution in [0.1, 0.15) is 0 Å². The van der Waals surface area contributed by atoms with Crippen LogP contribution in [0.5, 0.6) is 11.5 Å². The molecular weight excluding hydrogens is 609 g/mol. The molecule has 0 aliphatic rings. The van der Waals surface area contributed by atoms with Crippen LogP contribution in [0.15, 0.2) is 79.5 Å². The van der Waals surface area contributed by atoms with E-state index in [4.69, 9.17) is 0 Å². The quantitative estimate of drug-likeness (QED) is 0.121. The molecule has 0 radical (unpaired) electrons. The van der Waals surface area contributed by atoms with Crippen LogP contribution in [0, 0.1) is 0 Å². The fourth-order valence-corrected chi connectivity index (χ4v) is 6.13. The molecule has 19 heteroatoms. The molecule has 4 rings (SSSR count). The summed E-state index contributed by atoms with van der Waals surface area (Å²) in [6, 6.07) is 10.3. The maximum Gasteiger partial charge on any atom is 1.00 e. The molecule has 0 aliphatic carbocycles. The van der Waals surface area contributed by atoms with Gasteiger partial charge in [0.2, 0.25) is 0 Å². The van der Waals surface area contributed by atoms with Gasteiger partial charge in [0.1, 0.15) is 52.4 Å². The molecule has 2 N–H and O–H groups in total. The van der Waals surface area contributed by atoms with Crippen LogP contribution < -0.4 is 88.7 Å². The standard InChI is InChI=1S/C20H14N2O11S3.3Na/c23-15-8-5-10-9-11(34(25,26)27)6-7-12(10)16(15)21-22-17-13-3-1-2-4-14(13)19(35(28,29)30)20(18(17)24)36(31,32)33;;;/h1-9,23-24H,(H,25,26,27)(H,28,29,30)(H,31,32,33);;;/q;3*+1/p-3. The summed E-state index contributed by atoms with van der Waals surface area (Å²) >= 11 is 0. The van der Waals surface area contributed by atoms with Crippen LogP contribution in [0.25, 0.3) is 21.5 Å². The first kappa shape index (κ1) is 36.4. The van der Waals surface area contributed by atoms with Gasteiger partial charge in [-0.25, -0.2) is 25.3 Å². The van der Waals surface area contributed by atoms with Crippen LogP contribution in [-0.2, 0) is 30.4 Å². The Morgan fingerprint density at radius 1 is 0.590 bits per heavy atom. The van der Waals surface area contributed by atoms with Gasteiger partial charge in [0, 0.05) is 16.2 Å². The summed E-state index contributed by atoms with van der Waals surface area (Å²) in [6.45, 7) is 0. The van der Waals surface area contributed by atoms with Crippen molar-refractivity contribution < 1.29 is 138 Å². The van der Waals surface area contributed by atoms with Gasteiger partial charge in [-0.3, -0.25) is 0 Å². The second-order valence-electron chi connectivity index (χ2n) is 7.28. The van der Waals surface area contributed by atoms with Crippen LogP contribution in [0.4, 0.5) is 11.4 Å². The van der Waals surface area contributed by atoms with Gasteiger partial charge >= 0.3 is 88.7 Å². The second-order valence-corrected chi connectivity index (χ2v) is 11.3. The molecule has 0 amide bonds. The van der Waals surface area contributed by atoms with Gasteiger partial charge in [-0.15, -0.1) is 10.2 Å². The average Bonchev–Trinajstić information content (AvgIpc) is 2.76. The Morgan fingerprint density at radius 2 is 1.13 bits per heavy atom. The van der Waals surface area contributed by atoms with Crippen LogP contribution in [0.2, 0.25) is 0 Å². The summed E-state index contributed by atoms with van der Waals surface area (Å²) in [4.78, 5) is -3.73. The van der Waals surface area contributed by atoms with Crippen molar-refractivity contribution in [3.63, 3.8) is 0 Å². The Hall–Kier alpha value is -0.670. The first-order chi connectivity index (χ1) is 16.6. The van der Waals surface area contributed by atoms with Gasteiger partial charge in [0.05, 0.1) is 9.79 Å². The zero-order chi connectivity index (χ0) is 26.6. The Labute approximate surface area is 288 Å². The van der Waals surface area contributed by atoms with Crippen molar-refractivity contribution in [3.05, 3.63) is 54.6 Å². The molecule has 188 valence electrons. The van der Waals surface area contributed by atoms with Gasteiger partial charge in [-0.05, 0) is 23.6 Å². The summed E-state index contributed by atoms with van der Waals surface area (Å²) in [7, 11) is -16.1. The molecule has 39 heavy (non-hydrogen) atoms. The smallest absolute Gasteiger partial charge is 0.744 e. The number of benzene rings is 4. The van der Waals surface area contributed by atoms with E-state index in [1.807, 2.05) is 0 Å². The van der Waals surface area contributed by atoms with Gasteiger partial charge in [0.15, 0.2) is 5.75 Å². The molecule has 0 heterocycles. The molecule has 0 aromatic heterocycles. The zero-order valence-electron chi connectivity index (χ0n) is 20.4. The third-order valence-corrected chi connectivity index (χ3v) is 7.83. The number of phenolic OH excluding ortho intramolecular Hbond substituents is 2. The molecule has 0 saturated carbocycles. The zero-order valence-corrected chi connectivity index (χ0v) is 28.8. The van der Waals surface area contributed by atoms with E-state index < -0.39 is 67.6 Å². The molecule has 0 spiro atoms. The molecule has 0 fully saturated rings. The summed E-state index contributed by atoms with van der Waals surface area (Å²) in [5.41, 5.74) is -1.01. The fraction of sp³-hybridized carbons (Fsp3) is 0. The Bertz CT molecular complexity index is 1950. The van der Waals surface area contributed by atoms with Gasteiger partial charge < -0.3 is 23.9 Å². The van der Waals surface area contributed by atoms with Crippen molar-refractivity contribution in [3.8, 4) is 11.5 Å². The number of rotatable bonds is 5. The summed E-state index contributed by atoms with van der Waals surface area (Å²) < 4.78 is 105. The maximum absolute atomic E-state index is 11.8. The molecule has 0 atom stereocenters. The number of phenols is 2. The number of hydrogen-bond donors (Lipinski definition) is 2. The molecule has 0 saturated heterocycles. The topological polar surface area (TPSA) is 237 Å². The van der Waals surface area contributed by atoms with E-state index in [1.165, 1.54) is 24.3 Å². The van der Waals surface area contributed by atoms with Gasteiger partial charge in [0.25, 0.3) is 0 Å². The summed E-state index contributed by atoms with van der Waals surface area (Å²) in [5.74, 6) is -1.95. The molecule has 0 aliphatic heterocycles. The molecule has 0 bridgehead atoms. The first-order valence-electron chi connectivity index (χ1n) is 9.43. The monoisotopic (exact) mass is 620 g/mol. The van der Waals surface area contributed by atoms with E-state index in [2.05, 4.69) is 10.2 Å². The van der Waals surface area contributed by atoms with Crippen LogP contribution in [0.3, 0.4) is 0 Å².